The average Bonchev–Trinajstić information content (AvgIpc) is 2.71. The molecular formula is C20H17N3O6. The molecule has 1 aliphatic rings. The molecule has 0 aromatic heterocycles. The van der Waals surface area contributed by atoms with Crippen LogP contribution < -0.4 is 15.0 Å². The second kappa shape index (κ2) is 7.93. The fourth-order valence-corrected chi connectivity index (χ4v) is 2.88. The number of methoxy groups -OCH3 is 1. The summed E-state index contributed by atoms with van der Waals surface area (Å²) in [6.07, 6.45) is 1.99. The number of hydrogen-bond donors (Lipinski definition) is 1. The zero-order chi connectivity index (χ0) is 21.1. The Kier molecular flexibility index (Phi) is 5.40. The second-order valence-electron chi connectivity index (χ2n) is 6.17. The molecule has 1 fully saturated rings. The molecule has 3 rings (SSSR count). The number of barbiturate groups is 1. The molecule has 29 heavy (non-hydrogen) atoms. The van der Waals surface area contributed by atoms with Crippen LogP contribution in [0.1, 0.15) is 18.1 Å². The maximum Gasteiger partial charge on any atom is 0.335 e. The Labute approximate surface area is 165 Å². The zero-order valence-electron chi connectivity index (χ0n) is 15.7. The fourth-order valence-electron chi connectivity index (χ4n) is 2.88. The standard InChI is InChI=1S/C20H17N3O6/c1-3-12-4-7-14(8-5-12)22-19(25)15(18(24)21-20(22)26)10-13-6-9-17(29-2)16(11-13)23(27)28/h4-11H,3H2,1-2H3,(H,21,24,26)/b15-10-. The maximum absolute atomic E-state index is 12.9. The molecule has 0 aliphatic carbocycles. The van der Waals surface area contributed by atoms with Crippen molar-refractivity contribution < 1.29 is 24.0 Å². The van der Waals surface area contributed by atoms with Gasteiger partial charge in [-0.3, -0.25) is 25.0 Å². The van der Waals surface area contributed by atoms with E-state index in [-0.39, 0.29) is 22.6 Å². The molecule has 4 amide bonds. The first kappa shape index (κ1) is 19.7. The lowest BCUT2D eigenvalue weighted by Gasteiger charge is -2.26. The molecule has 1 aliphatic heterocycles. The van der Waals surface area contributed by atoms with Crippen LogP contribution in [0.3, 0.4) is 0 Å². The van der Waals surface area contributed by atoms with E-state index in [2.05, 4.69) is 5.32 Å². The van der Waals surface area contributed by atoms with Gasteiger partial charge in [0.1, 0.15) is 5.57 Å². The van der Waals surface area contributed by atoms with Crippen LogP contribution in [-0.4, -0.2) is 29.9 Å². The van der Waals surface area contributed by atoms with Crippen LogP contribution >= 0.6 is 0 Å². The van der Waals surface area contributed by atoms with Crippen molar-refractivity contribution in [1.82, 2.24) is 5.32 Å². The van der Waals surface area contributed by atoms with Gasteiger partial charge in [0.15, 0.2) is 5.75 Å². The Morgan fingerprint density at radius 3 is 2.41 bits per heavy atom. The van der Waals surface area contributed by atoms with E-state index in [4.69, 9.17) is 4.74 Å². The minimum Gasteiger partial charge on any atom is -0.490 e. The minimum atomic E-state index is -0.875. The second-order valence-corrected chi connectivity index (χ2v) is 6.17. The molecule has 9 heteroatoms. The quantitative estimate of drug-likeness (QED) is 0.360. The van der Waals surface area contributed by atoms with Crippen molar-refractivity contribution in [2.45, 2.75) is 13.3 Å². The van der Waals surface area contributed by atoms with Crippen LogP contribution in [0.4, 0.5) is 16.2 Å². The van der Waals surface area contributed by atoms with Gasteiger partial charge >= 0.3 is 11.7 Å². The number of rotatable bonds is 5. The van der Waals surface area contributed by atoms with Crippen molar-refractivity contribution in [2.24, 2.45) is 0 Å². The Balaban J connectivity index is 2.01. The number of nitro benzene ring substituents is 1. The lowest BCUT2D eigenvalue weighted by Crippen LogP contribution is -2.54. The van der Waals surface area contributed by atoms with Crippen molar-refractivity contribution in [3.05, 3.63) is 69.3 Å². The molecule has 0 radical (unpaired) electrons. The lowest BCUT2D eigenvalue weighted by atomic mass is 10.1. The van der Waals surface area contributed by atoms with Gasteiger partial charge in [0.25, 0.3) is 11.8 Å². The molecule has 0 unspecified atom stereocenters. The number of ether oxygens (including phenoxy) is 1. The highest BCUT2D eigenvalue weighted by Crippen LogP contribution is 2.29. The normalized spacial score (nSPS) is 15.4. The molecule has 0 saturated carbocycles. The van der Waals surface area contributed by atoms with E-state index >= 15 is 0 Å². The fraction of sp³-hybridized carbons (Fsp3) is 0.150. The molecule has 2 aromatic rings. The maximum atomic E-state index is 12.9. The summed E-state index contributed by atoms with van der Waals surface area (Å²) >= 11 is 0. The topological polar surface area (TPSA) is 119 Å². The molecule has 1 N–H and O–H groups in total. The smallest absolute Gasteiger partial charge is 0.335 e. The van der Waals surface area contributed by atoms with Gasteiger partial charge in [-0.05, 0) is 41.8 Å². The molecule has 1 saturated heterocycles. The van der Waals surface area contributed by atoms with Crippen LogP contribution in [0.25, 0.3) is 6.08 Å². The Morgan fingerprint density at radius 1 is 1.14 bits per heavy atom. The number of benzene rings is 2. The first-order chi connectivity index (χ1) is 13.8. The summed E-state index contributed by atoms with van der Waals surface area (Å²) in [6, 6.07) is 9.94. The Morgan fingerprint density at radius 2 is 1.83 bits per heavy atom. The Hall–Kier alpha value is -4.01. The van der Waals surface area contributed by atoms with Gasteiger partial charge in [-0.15, -0.1) is 0 Å². The van der Waals surface area contributed by atoms with E-state index in [9.17, 15) is 24.5 Å². The van der Waals surface area contributed by atoms with Crippen LogP contribution in [0, 0.1) is 10.1 Å². The highest BCUT2D eigenvalue weighted by molar-refractivity contribution is 6.39. The van der Waals surface area contributed by atoms with Crippen molar-refractivity contribution in [2.75, 3.05) is 12.0 Å². The zero-order valence-corrected chi connectivity index (χ0v) is 15.7. The van der Waals surface area contributed by atoms with Crippen molar-refractivity contribution >= 4 is 35.3 Å². The predicted molar refractivity (Wildman–Crippen MR) is 104 cm³/mol. The summed E-state index contributed by atoms with van der Waals surface area (Å²) in [6.45, 7) is 1.97. The molecule has 0 atom stereocenters. The van der Waals surface area contributed by atoms with Crippen LogP contribution in [0.5, 0.6) is 5.75 Å². The number of carbonyl (C=O) groups is 3. The van der Waals surface area contributed by atoms with Gasteiger partial charge in [0.2, 0.25) is 0 Å². The van der Waals surface area contributed by atoms with E-state index in [1.54, 1.807) is 24.3 Å². The molecule has 148 valence electrons. The third-order valence-electron chi connectivity index (χ3n) is 4.42. The molecular weight excluding hydrogens is 378 g/mol. The van der Waals surface area contributed by atoms with E-state index in [1.165, 1.54) is 31.4 Å². The average molecular weight is 395 g/mol. The van der Waals surface area contributed by atoms with Crippen LogP contribution in [-0.2, 0) is 16.0 Å². The number of anilines is 1. The number of hydrogen-bond acceptors (Lipinski definition) is 6. The number of nitrogens with zero attached hydrogens (tertiary/aromatic N) is 2. The largest absolute Gasteiger partial charge is 0.490 e. The summed E-state index contributed by atoms with van der Waals surface area (Å²) in [5.74, 6) is -1.65. The monoisotopic (exact) mass is 395 g/mol. The minimum absolute atomic E-state index is 0.0457. The van der Waals surface area contributed by atoms with Gasteiger partial charge in [0.05, 0.1) is 17.7 Å². The van der Waals surface area contributed by atoms with E-state index in [0.717, 1.165) is 16.9 Å². The van der Waals surface area contributed by atoms with E-state index in [1.807, 2.05) is 6.92 Å². The lowest BCUT2D eigenvalue weighted by molar-refractivity contribution is -0.385. The van der Waals surface area contributed by atoms with Gasteiger partial charge in [-0.1, -0.05) is 25.1 Å². The Bertz CT molecular complexity index is 1040. The van der Waals surface area contributed by atoms with Gasteiger partial charge in [0, 0.05) is 6.07 Å². The highest BCUT2D eigenvalue weighted by Gasteiger charge is 2.36. The molecule has 0 bridgehead atoms. The summed E-state index contributed by atoms with van der Waals surface area (Å²) in [5.41, 5.74) is 0.948. The van der Waals surface area contributed by atoms with Crippen molar-refractivity contribution in [1.29, 1.82) is 0 Å². The predicted octanol–water partition coefficient (Wildman–Crippen LogP) is 2.83. The number of nitrogens with one attached hydrogen (secondary N) is 1. The van der Waals surface area contributed by atoms with Crippen molar-refractivity contribution in [3.63, 3.8) is 0 Å². The molecule has 1 heterocycles. The number of carbonyl (C=O) groups excluding carboxylic acids is 3. The SMILES string of the molecule is CCc1ccc(N2C(=O)NC(=O)/C(=C/c3ccc(OC)c([N+](=O)[O-])c3)C2=O)cc1. The van der Waals surface area contributed by atoms with Crippen LogP contribution in [0.2, 0.25) is 0 Å². The molecule has 2 aromatic carbocycles. The number of imide groups is 2. The summed E-state index contributed by atoms with van der Waals surface area (Å²) < 4.78 is 4.94. The highest BCUT2D eigenvalue weighted by atomic mass is 16.6. The van der Waals surface area contributed by atoms with Gasteiger partial charge in [-0.2, -0.15) is 0 Å². The summed E-state index contributed by atoms with van der Waals surface area (Å²) in [4.78, 5) is 48.7. The molecule has 0 spiro atoms. The third-order valence-corrected chi connectivity index (χ3v) is 4.42. The number of amides is 4. The number of nitro groups is 1. The number of aryl methyl sites for hydroxylation is 1. The first-order valence-electron chi connectivity index (χ1n) is 8.68. The van der Waals surface area contributed by atoms with Gasteiger partial charge < -0.3 is 4.74 Å². The molecule has 9 nitrogen and oxygen atoms in total. The van der Waals surface area contributed by atoms with Crippen molar-refractivity contribution in [3.8, 4) is 5.75 Å². The van der Waals surface area contributed by atoms with E-state index in [0.29, 0.717) is 5.69 Å². The third kappa shape index (κ3) is 3.84. The first-order valence-corrected chi connectivity index (χ1v) is 8.68. The summed E-state index contributed by atoms with van der Waals surface area (Å²) in [7, 11) is 1.30. The summed E-state index contributed by atoms with van der Waals surface area (Å²) in [5, 5.41) is 13.3. The van der Waals surface area contributed by atoms with Gasteiger partial charge in [-0.25, -0.2) is 9.69 Å². The van der Waals surface area contributed by atoms with Crippen LogP contribution in [0.15, 0.2) is 48.0 Å². The number of urea groups is 1. The van der Waals surface area contributed by atoms with E-state index < -0.39 is 22.8 Å².